The van der Waals surface area contributed by atoms with E-state index in [1.165, 1.54) is 25.6 Å². The van der Waals surface area contributed by atoms with Gasteiger partial charge in [-0.1, -0.05) is 0 Å². The first-order valence-corrected chi connectivity index (χ1v) is 11.4. The molecule has 0 radical (unpaired) electrons. The van der Waals surface area contributed by atoms with Crippen molar-refractivity contribution < 1.29 is 22.3 Å². The minimum absolute atomic E-state index is 0.0209. The largest absolute Gasteiger partial charge is 0.495 e. The molecular weight excluding hydrogens is 423 g/mol. The number of halogens is 1. The number of sulfone groups is 1. The maximum Gasteiger partial charge on any atom is 0.224 e. The first-order chi connectivity index (χ1) is 14.6. The van der Waals surface area contributed by atoms with Gasteiger partial charge in [0.1, 0.15) is 22.1 Å². The quantitative estimate of drug-likeness (QED) is 0.567. The van der Waals surface area contributed by atoms with E-state index in [-0.39, 0.29) is 16.2 Å². The van der Waals surface area contributed by atoms with Gasteiger partial charge >= 0.3 is 0 Å². The Balaban J connectivity index is 1.83. The summed E-state index contributed by atoms with van der Waals surface area (Å²) in [6, 6.07) is 4.92. The van der Waals surface area contributed by atoms with E-state index in [4.69, 9.17) is 9.47 Å². The SMILES string of the molecule is COc1cc2ncc(-c3ccc(N4CCOCC4)nc3F)n2cc1S(=O)(=O)C(C)(C)C. The summed E-state index contributed by atoms with van der Waals surface area (Å²) >= 11 is 0. The van der Waals surface area contributed by atoms with Crippen molar-refractivity contribution in [2.75, 3.05) is 38.3 Å². The second-order valence-electron chi connectivity index (χ2n) is 8.30. The summed E-state index contributed by atoms with van der Waals surface area (Å²) in [5, 5.41) is 0. The highest BCUT2D eigenvalue weighted by molar-refractivity contribution is 7.92. The molecule has 0 spiro atoms. The predicted molar refractivity (Wildman–Crippen MR) is 115 cm³/mol. The third-order valence-electron chi connectivity index (χ3n) is 5.34. The van der Waals surface area contributed by atoms with E-state index in [1.54, 1.807) is 37.3 Å². The first-order valence-electron chi connectivity index (χ1n) is 9.93. The Morgan fingerprint density at radius 1 is 1.19 bits per heavy atom. The lowest BCUT2D eigenvalue weighted by Gasteiger charge is -2.27. The zero-order valence-corrected chi connectivity index (χ0v) is 18.7. The van der Waals surface area contributed by atoms with Crippen molar-refractivity contribution in [1.29, 1.82) is 0 Å². The Bertz CT molecular complexity index is 1230. The van der Waals surface area contributed by atoms with Crippen LogP contribution in [0.4, 0.5) is 10.2 Å². The second-order valence-corrected chi connectivity index (χ2v) is 11.0. The molecule has 1 aliphatic heterocycles. The van der Waals surface area contributed by atoms with Crippen LogP contribution in [0.1, 0.15) is 20.8 Å². The van der Waals surface area contributed by atoms with Gasteiger partial charge in [-0.05, 0) is 32.9 Å². The zero-order valence-electron chi connectivity index (χ0n) is 17.9. The monoisotopic (exact) mass is 448 g/mol. The Hall–Kier alpha value is -2.72. The minimum Gasteiger partial charge on any atom is -0.495 e. The van der Waals surface area contributed by atoms with Crippen molar-refractivity contribution >= 4 is 21.3 Å². The Morgan fingerprint density at radius 2 is 1.90 bits per heavy atom. The number of hydrogen-bond acceptors (Lipinski definition) is 7. The summed E-state index contributed by atoms with van der Waals surface area (Å²) in [6.07, 6.45) is 2.93. The molecule has 3 aromatic heterocycles. The second kappa shape index (κ2) is 7.76. The molecule has 0 atom stereocenters. The van der Waals surface area contributed by atoms with E-state index >= 15 is 4.39 Å². The molecule has 31 heavy (non-hydrogen) atoms. The molecule has 1 fully saturated rings. The van der Waals surface area contributed by atoms with Gasteiger partial charge in [0.25, 0.3) is 0 Å². The highest BCUT2D eigenvalue weighted by Gasteiger charge is 2.34. The topological polar surface area (TPSA) is 86.0 Å². The van der Waals surface area contributed by atoms with Crippen LogP contribution in [0.5, 0.6) is 5.75 Å². The number of imidazole rings is 1. The maximum absolute atomic E-state index is 15.0. The summed E-state index contributed by atoms with van der Waals surface area (Å²) < 4.78 is 52.4. The molecule has 0 bridgehead atoms. The molecule has 3 aromatic rings. The lowest BCUT2D eigenvalue weighted by atomic mass is 10.2. The Morgan fingerprint density at radius 3 is 2.52 bits per heavy atom. The summed E-state index contributed by atoms with van der Waals surface area (Å²) in [5.74, 6) is 0.0821. The van der Waals surface area contributed by atoms with Crippen LogP contribution in [0, 0.1) is 5.95 Å². The van der Waals surface area contributed by atoms with Crippen molar-refractivity contribution in [2.45, 2.75) is 30.4 Å². The molecule has 0 N–H and O–H groups in total. The highest BCUT2D eigenvalue weighted by atomic mass is 32.2. The van der Waals surface area contributed by atoms with Crippen LogP contribution >= 0.6 is 0 Å². The fraction of sp³-hybridized carbons (Fsp3) is 0.429. The Labute approximate surface area is 180 Å². The molecule has 0 saturated carbocycles. The molecule has 8 nitrogen and oxygen atoms in total. The van der Waals surface area contributed by atoms with Gasteiger partial charge < -0.3 is 14.4 Å². The zero-order chi connectivity index (χ0) is 22.4. The number of nitrogens with zero attached hydrogens (tertiary/aromatic N) is 4. The lowest BCUT2D eigenvalue weighted by molar-refractivity contribution is 0.122. The average Bonchev–Trinajstić information content (AvgIpc) is 3.15. The Kier molecular flexibility index (Phi) is 5.38. The van der Waals surface area contributed by atoms with Crippen LogP contribution in [-0.2, 0) is 14.6 Å². The van der Waals surface area contributed by atoms with Crippen LogP contribution in [0.25, 0.3) is 16.9 Å². The molecule has 0 aromatic carbocycles. The van der Waals surface area contributed by atoms with Crippen molar-refractivity contribution in [3.63, 3.8) is 0 Å². The molecule has 0 unspecified atom stereocenters. The summed E-state index contributed by atoms with van der Waals surface area (Å²) in [6.45, 7) is 7.30. The van der Waals surface area contributed by atoms with Crippen LogP contribution in [-0.4, -0.2) is 60.9 Å². The normalized spacial score (nSPS) is 15.5. The number of anilines is 1. The smallest absolute Gasteiger partial charge is 0.224 e. The number of ether oxygens (including phenoxy) is 2. The summed E-state index contributed by atoms with van der Waals surface area (Å²) in [4.78, 5) is 10.4. The maximum atomic E-state index is 15.0. The van der Waals surface area contributed by atoms with Gasteiger partial charge in [0.2, 0.25) is 5.95 Å². The van der Waals surface area contributed by atoms with E-state index in [0.29, 0.717) is 43.5 Å². The van der Waals surface area contributed by atoms with Gasteiger partial charge in [0.05, 0.1) is 42.5 Å². The average molecular weight is 449 g/mol. The lowest BCUT2D eigenvalue weighted by Crippen LogP contribution is -2.36. The van der Waals surface area contributed by atoms with E-state index in [2.05, 4.69) is 9.97 Å². The van der Waals surface area contributed by atoms with Crippen molar-refractivity contribution in [3.05, 3.63) is 36.5 Å². The third kappa shape index (κ3) is 3.74. The van der Waals surface area contributed by atoms with Gasteiger partial charge in [-0.3, -0.25) is 4.40 Å². The molecule has 4 rings (SSSR count). The number of rotatable bonds is 4. The molecule has 1 aliphatic rings. The fourth-order valence-corrected chi connectivity index (χ4v) is 4.77. The van der Waals surface area contributed by atoms with Crippen LogP contribution < -0.4 is 9.64 Å². The van der Waals surface area contributed by atoms with Gasteiger partial charge in [-0.2, -0.15) is 4.39 Å². The number of pyridine rings is 2. The van der Waals surface area contributed by atoms with Gasteiger partial charge in [0, 0.05) is 25.4 Å². The third-order valence-corrected chi connectivity index (χ3v) is 7.83. The predicted octanol–water partition coefficient (Wildman–Crippen LogP) is 2.95. The number of aromatic nitrogens is 3. The van der Waals surface area contributed by atoms with Crippen molar-refractivity contribution in [1.82, 2.24) is 14.4 Å². The molecule has 1 saturated heterocycles. The molecule has 166 valence electrons. The number of morpholine rings is 1. The summed E-state index contributed by atoms with van der Waals surface area (Å²) in [7, 11) is -2.31. The van der Waals surface area contributed by atoms with E-state index in [1.807, 2.05) is 4.90 Å². The molecule has 10 heteroatoms. The van der Waals surface area contributed by atoms with Crippen LogP contribution in [0.2, 0.25) is 0 Å². The molecular formula is C21H25FN4O4S. The standard InChI is InChI=1S/C21H25FN4O4S/c1-21(2,3)31(27,28)17-13-26-15(12-23-19(26)11-16(17)29-4)14-5-6-18(24-20(14)22)25-7-9-30-10-8-25/h5-6,11-13H,7-10H2,1-4H3. The summed E-state index contributed by atoms with van der Waals surface area (Å²) in [5.41, 5.74) is 1.08. The number of fused-ring (bicyclic) bond motifs is 1. The highest BCUT2D eigenvalue weighted by Crippen LogP contribution is 2.35. The molecule has 0 amide bonds. The van der Waals surface area contributed by atoms with Crippen molar-refractivity contribution in [3.8, 4) is 17.0 Å². The van der Waals surface area contributed by atoms with Gasteiger partial charge in [-0.25, -0.2) is 18.4 Å². The minimum atomic E-state index is -3.72. The van der Waals surface area contributed by atoms with E-state index < -0.39 is 20.5 Å². The van der Waals surface area contributed by atoms with Crippen molar-refractivity contribution in [2.24, 2.45) is 0 Å². The fourth-order valence-electron chi connectivity index (χ4n) is 3.46. The number of methoxy groups -OCH3 is 1. The van der Waals surface area contributed by atoms with E-state index in [0.717, 1.165) is 0 Å². The molecule has 0 aliphatic carbocycles. The van der Waals surface area contributed by atoms with Gasteiger partial charge in [0.15, 0.2) is 9.84 Å². The first kappa shape index (κ1) is 21.5. The molecule has 4 heterocycles. The van der Waals surface area contributed by atoms with Gasteiger partial charge in [-0.15, -0.1) is 0 Å². The number of hydrogen-bond donors (Lipinski definition) is 0. The van der Waals surface area contributed by atoms with Crippen LogP contribution in [0.15, 0.2) is 35.5 Å². The van der Waals surface area contributed by atoms with Crippen LogP contribution in [0.3, 0.4) is 0 Å². The van der Waals surface area contributed by atoms with E-state index in [9.17, 15) is 8.42 Å².